The molecule has 0 aliphatic rings. The fraction of sp³-hybridized carbons (Fsp3) is 0.895. The van der Waals surface area contributed by atoms with Gasteiger partial charge in [0.25, 0.3) is 0 Å². The molecule has 0 bridgehead atoms. The molecule has 0 N–H and O–H groups in total. The number of unbranched alkanes of at least 4 members (excludes halogenated alkanes) is 10. The molecule has 0 aliphatic heterocycles. The molecule has 1 unspecified atom stereocenters. The maximum Gasteiger partial charge on any atom is -0.0353 e. The molecule has 0 spiro atoms. The lowest BCUT2D eigenvalue weighted by Gasteiger charge is -2.10. The Morgan fingerprint density at radius 3 is 1.74 bits per heavy atom. The van der Waals surface area contributed by atoms with E-state index in [1.807, 2.05) is 6.08 Å². The molecule has 0 fully saturated rings. The largest absolute Gasteiger partial charge is 0.103 e. The third kappa shape index (κ3) is 15.7. The molecule has 0 heteroatoms. The van der Waals surface area contributed by atoms with Gasteiger partial charge in [-0.05, 0) is 18.8 Å². The van der Waals surface area contributed by atoms with E-state index >= 15 is 0 Å². The van der Waals surface area contributed by atoms with Crippen LogP contribution in [0.25, 0.3) is 0 Å². The number of rotatable bonds is 15. The topological polar surface area (TPSA) is 0 Å². The molecule has 0 amide bonds. The van der Waals surface area contributed by atoms with E-state index in [1.54, 1.807) is 0 Å². The molecule has 0 heterocycles. The Hall–Kier alpha value is -0.260. The molecule has 0 rings (SSSR count). The Kier molecular flexibility index (Phi) is 15.6. The van der Waals surface area contributed by atoms with Gasteiger partial charge in [-0.15, -0.1) is 6.58 Å². The van der Waals surface area contributed by atoms with Crippen LogP contribution in [-0.2, 0) is 0 Å². The molecular formula is C19H38. The lowest BCUT2D eigenvalue weighted by molar-refractivity contribution is 0.434. The average molecular weight is 267 g/mol. The smallest absolute Gasteiger partial charge is 0.0353 e. The molecule has 0 nitrogen and oxygen atoms in total. The quantitative estimate of drug-likeness (QED) is 0.216. The third-order valence-electron chi connectivity index (χ3n) is 4.16. The Morgan fingerprint density at radius 1 is 0.737 bits per heavy atom. The molecule has 114 valence electrons. The highest BCUT2D eigenvalue weighted by atomic mass is 14.1. The minimum Gasteiger partial charge on any atom is -0.103 e. The summed E-state index contributed by atoms with van der Waals surface area (Å²) in [5.41, 5.74) is 0. The zero-order chi connectivity index (χ0) is 14.2. The van der Waals surface area contributed by atoms with Gasteiger partial charge < -0.3 is 0 Å². The lowest BCUT2D eigenvalue weighted by atomic mass is 9.96. The van der Waals surface area contributed by atoms with E-state index in [1.165, 1.54) is 89.9 Å². The third-order valence-corrected chi connectivity index (χ3v) is 4.16. The lowest BCUT2D eigenvalue weighted by Crippen LogP contribution is -1.95. The standard InChI is InChI=1S/C19H38/c1-4-6-8-10-11-12-14-16-18-19(3)17-15-13-9-7-5-2/h5,19H,2,4,6-18H2,1,3H3. The van der Waals surface area contributed by atoms with Crippen LogP contribution in [0, 0.1) is 5.92 Å². The predicted octanol–water partition coefficient (Wildman–Crippen LogP) is 7.29. The van der Waals surface area contributed by atoms with Gasteiger partial charge >= 0.3 is 0 Å². The van der Waals surface area contributed by atoms with Gasteiger partial charge in [-0.3, -0.25) is 0 Å². The highest BCUT2D eigenvalue weighted by molar-refractivity contribution is 4.65. The van der Waals surface area contributed by atoms with Gasteiger partial charge in [-0.2, -0.15) is 0 Å². The summed E-state index contributed by atoms with van der Waals surface area (Å²) in [6, 6.07) is 0. The summed E-state index contributed by atoms with van der Waals surface area (Å²) in [7, 11) is 0. The minimum atomic E-state index is 0.948. The van der Waals surface area contributed by atoms with Crippen LogP contribution in [0.15, 0.2) is 12.7 Å². The van der Waals surface area contributed by atoms with Gasteiger partial charge in [0.15, 0.2) is 0 Å². The van der Waals surface area contributed by atoms with E-state index in [-0.39, 0.29) is 0 Å². The zero-order valence-corrected chi connectivity index (χ0v) is 13.8. The van der Waals surface area contributed by atoms with E-state index in [9.17, 15) is 0 Å². The zero-order valence-electron chi connectivity index (χ0n) is 13.8. The van der Waals surface area contributed by atoms with Gasteiger partial charge in [-0.25, -0.2) is 0 Å². The van der Waals surface area contributed by atoms with Crippen molar-refractivity contribution >= 4 is 0 Å². The minimum absolute atomic E-state index is 0.948. The van der Waals surface area contributed by atoms with E-state index in [4.69, 9.17) is 0 Å². The highest BCUT2D eigenvalue weighted by Crippen LogP contribution is 2.18. The Bertz CT molecular complexity index is 171. The number of allylic oxidation sites excluding steroid dienone is 1. The molecule has 1 atom stereocenters. The van der Waals surface area contributed by atoms with E-state index < -0.39 is 0 Å². The van der Waals surface area contributed by atoms with Crippen molar-refractivity contribution in [1.82, 2.24) is 0 Å². The Labute approximate surface area is 123 Å². The van der Waals surface area contributed by atoms with Gasteiger partial charge in [0.2, 0.25) is 0 Å². The van der Waals surface area contributed by atoms with Gasteiger partial charge in [0.1, 0.15) is 0 Å². The van der Waals surface area contributed by atoms with Gasteiger partial charge in [0.05, 0.1) is 0 Å². The first-order valence-electron chi connectivity index (χ1n) is 8.92. The van der Waals surface area contributed by atoms with Crippen molar-refractivity contribution in [2.24, 2.45) is 5.92 Å². The van der Waals surface area contributed by atoms with Crippen molar-refractivity contribution in [3.63, 3.8) is 0 Å². The maximum atomic E-state index is 3.77. The van der Waals surface area contributed by atoms with Crippen molar-refractivity contribution in [1.29, 1.82) is 0 Å². The SMILES string of the molecule is C=CCCCCCC(C)CCCCCCCCCC. The summed E-state index contributed by atoms with van der Waals surface area (Å²) in [5, 5.41) is 0. The summed E-state index contributed by atoms with van der Waals surface area (Å²) in [6.45, 7) is 8.50. The molecular weight excluding hydrogens is 228 g/mol. The molecule has 0 aromatic heterocycles. The monoisotopic (exact) mass is 266 g/mol. The second kappa shape index (κ2) is 15.8. The van der Waals surface area contributed by atoms with Crippen LogP contribution in [0.3, 0.4) is 0 Å². The van der Waals surface area contributed by atoms with Crippen LogP contribution >= 0.6 is 0 Å². The predicted molar refractivity (Wildman–Crippen MR) is 89.7 cm³/mol. The molecule has 0 aromatic rings. The van der Waals surface area contributed by atoms with Crippen molar-refractivity contribution in [3.8, 4) is 0 Å². The fourth-order valence-corrected chi connectivity index (χ4v) is 2.73. The summed E-state index contributed by atoms with van der Waals surface area (Å²) in [4.78, 5) is 0. The van der Waals surface area contributed by atoms with Crippen molar-refractivity contribution < 1.29 is 0 Å². The van der Waals surface area contributed by atoms with Crippen molar-refractivity contribution in [2.75, 3.05) is 0 Å². The normalized spacial score (nSPS) is 12.5. The maximum absolute atomic E-state index is 3.77. The fourth-order valence-electron chi connectivity index (χ4n) is 2.73. The van der Waals surface area contributed by atoms with Gasteiger partial charge in [-0.1, -0.05) is 97.0 Å². The first-order valence-corrected chi connectivity index (χ1v) is 8.92. The van der Waals surface area contributed by atoms with Crippen LogP contribution in [0.4, 0.5) is 0 Å². The molecule has 0 aliphatic carbocycles. The highest BCUT2D eigenvalue weighted by Gasteiger charge is 2.01. The second-order valence-corrected chi connectivity index (χ2v) is 6.30. The average Bonchev–Trinajstić information content (AvgIpc) is 2.41. The van der Waals surface area contributed by atoms with Crippen LogP contribution < -0.4 is 0 Å². The summed E-state index contributed by atoms with van der Waals surface area (Å²) >= 11 is 0. The van der Waals surface area contributed by atoms with Crippen LogP contribution in [0.2, 0.25) is 0 Å². The van der Waals surface area contributed by atoms with Gasteiger partial charge in [0, 0.05) is 0 Å². The molecule has 0 aromatic carbocycles. The van der Waals surface area contributed by atoms with E-state index in [0.29, 0.717) is 0 Å². The number of hydrogen-bond acceptors (Lipinski definition) is 0. The molecule has 0 radical (unpaired) electrons. The Balaban J connectivity index is 3.11. The van der Waals surface area contributed by atoms with Crippen LogP contribution in [-0.4, -0.2) is 0 Å². The first-order chi connectivity index (χ1) is 9.31. The van der Waals surface area contributed by atoms with E-state index in [0.717, 1.165) is 5.92 Å². The van der Waals surface area contributed by atoms with Crippen LogP contribution in [0.1, 0.15) is 104 Å². The number of hydrogen-bond donors (Lipinski definition) is 0. The summed E-state index contributed by atoms with van der Waals surface area (Å²) in [6.07, 6.45) is 21.9. The van der Waals surface area contributed by atoms with Crippen molar-refractivity contribution in [3.05, 3.63) is 12.7 Å². The molecule has 0 saturated carbocycles. The first kappa shape index (κ1) is 18.7. The second-order valence-electron chi connectivity index (χ2n) is 6.30. The van der Waals surface area contributed by atoms with E-state index in [2.05, 4.69) is 20.4 Å². The molecule has 19 heavy (non-hydrogen) atoms. The molecule has 0 saturated heterocycles. The summed E-state index contributed by atoms with van der Waals surface area (Å²) in [5.74, 6) is 0.948. The Morgan fingerprint density at radius 2 is 1.21 bits per heavy atom. The summed E-state index contributed by atoms with van der Waals surface area (Å²) < 4.78 is 0. The van der Waals surface area contributed by atoms with Crippen LogP contribution in [0.5, 0.6) is 0 Å². The van der Waals surface area contributed by atoms with Crippen molar-refractivity contribution in [2.45, 2.75) is 104 Å².